The normalized spacial score (nSPS) is 20.7. The molecule has 0 saturated carbocycles. The Morgan fingerprint density at radius 1 is 1.00 bits per heavy atom. The first-order chi connectivity index (χ1) is 14.2. The van der Waals surface area contributed by atoms with E-state index in [9.17, 15) is 4.79 Å². The monoisotopic (exact) mass is 392 g/mol. The number of carbonyl (C=O) groups excluding carboxylic acids is 1. The molecule has 4 rings (SSSR count). The van der Waals surface area contributed by atoms with E-state index in [0.29, 0.717) is 6.04 Å². The van der Waals surface area contributed by atoms with Crippen molar-refractivity contribution in [3.63, 3.8) is 0 Å². The van der Waals surface area contributed by atoms with Gasteiger partial charge < -0.3 is 9.80 Å². The number of piperidine rings is 1. The van der Waals surface area contributed by atoms with Gasteiger partial charge >= 0.3 is 0 Å². The average Bonchev–Trinajstić information content (AvgIpc) is 2.80. The number of nitrogens with zero attached hydrogens (tertiary/aromatic N) is 4. The van der Waals surface area contributed by atoms with Crippen LogP contribution in [0.4, 0.5) is 5.82 Å². The highest BCUT2D eigenvalue weighted by Gasteiger charge is 2.26. The summed E-state index contributed by atoms with van der Waals surface area (Å²) in [6, 6.07) is 15.0. The number of hydrogen-bond donors (Lipinski definition) is 0. The molecule has 2 aromatic rings. The van der Waals surface area contributed by atoms with Crippen molar-refractivity contribution in [2.45, 2.75) is 45.2 Å². The van der Waals surface area contributed by atoms with Crippen molar-refractivity contribution in [3.05, 3.63) is 59.8 Å². The Morgan fingerprint density at radius 3 is 2.48 bits per heavy atom. The van der Waals surface area contributed by atoms with E-state index in [0.717, 1.165) is 69.9 Å². The summed E-state index contributed by atoms with van der Waals surface area (Å²) in [5.41, 5.74) is 2.09. The van der Waals surface area contributed by atoms with Gasteiger partial charge in [-0.2, -0.15) is 0 Å². The first-order valence-electron chi connectivity index (χ1n) is 11.0. The average molecular weight is 393 g/mol. The smallest absolute Gasteiger partial charge is 0.255 e. The second-order valence-electron chi connectivity index (χ2n) is 8.21. The van der Waals surface area contributed by atoms with Gasteiger partial charge in [0, 0.05) is 51.5 Å². The van der Waals surface area contributed by atoms with Crippen molar-refractivity contribution >= 4 is 11.7 Å². The van der Waals surface area contributed by atoms with Crippen LogP contribution in [0.5, 0.6) is 0 Å². The fraction of sp³-hybridized carbons (Fsp3) is 0.500. The van der Waals surface area contributed by atoms with Gasteiger partial charge in [-0.1, -0.05) is 37.3 Å². The van der Waals surface area contributed by atoms with Crippen LogP contribution in [0.1, 0.15) is 48.5 Å². The maximum absolute atomic E-state index is 12.9. The predicted octanol–water partition coefficient (Wildman–Crippen LogP) is 3.81. The van der Waals surface area contributed by atoms with Crippen LogP contribution in [0.15, 0.2) is 48.7 Å². The fourth-order valence-corrected chi connectivity index (χ4v) is 4.53. The number of aromatic nitrogens is 1. The molecule has 2 fully saturated rings. The lowest BCUT2D eigenvalue weighted by molar-refractivity contribution is 0.0607. The molecule has 0 bridgehead atoms. The van der Waals surface area contributed by atoms with E-state index in [1.165, 1.54) is 12.0 Å². The van der Waals surface area contributed by atoms with Crippen molar-refractivity contribution in [1.82, 2.24) is 14.8 Å². The molecule has 2 aliphatic heterocycles. The molecule has 29 heavy (non-hydrogen) atoms. The van der Waals surface area contributed by atoms with E-state index in [4.69, 9.17) is 0 Å². The SMILES string of the molecule is CCC1CCCCN1C(=O)c1ccc(N2CCN(Cc3ccccc3)CC2)nc1. The quantitative estimate of drug-likeness (QED) is 0.776. The molecule has 0 N–H and O–H groups in total. The number of anilines is 1. The number of piperazine rings is 1. The van der Waals surface area contributed by atoms with Gasteiger partial charge in [0.15, 0.2) is 0 Å². The van der Waals surface area contributed by atoms with Gasteiger partial charge in [0.2, 0.25) is 0 Å². The van der Waals surface area contributed by atoms with Gasteiger partial charge in [-0.05, 0) is 43.4 Å². The standard InChI is InChI=1S/C24H32N4O/c1-2-22-10-6-7-13-28(22)24(29)21-11-12-23(25-18-21)27-16-14-26(15-17-27)19-20-8-4-3-5-9-20/h3-5,8-9,11-12,18,22H,2,6-7,10,13-17,19H2,1H3. The summed E-state index contributed by atoms with van der Waals surface area (Å²) in [6.07, 6.45) is 6.28. The van der Waals surface area contributed by atoms with Crippen molar-refractivity contribution in [2.75, 3.05) is 37.6 Å². The molecule has 2 aliphatic rings. The molecule has 1 aromatic carbocycles. The maximum atomic E-state index is 12.9. The molecule has 5 nitrogen and oxygen atoms in total. The molecule has 1 amide bonds. The minimum absolute atomic E-state index is 0.142. The third-order valence-electron chi connectivity index (χ3n) is 6.30. The van der Waals surface area contributed by atoms with Gasteiger partial charge in [0.1, 0.15) is 5.82 Å². The van der Waals surface area contributed by atoms with Crippen molar-refractivity contribution < 1.29 is 4.79 Å². The second-order valence-corrected chi connectivity index (χ2v) is 8.21. The van der Waals surface area contributed by atoms with E-state index in [-0.39, 0.29) is 5.91 Å². The van der Waals surface area contributed by atoms with Crippen LogP contribution in [0.3, 0.4) is 0 Å². The highest BCUT2D eigenvalue weighted by Crippen LogP contribution is 2.22. The number of amides is 1. The van der Waals surface area contributed by atoms with Gasteiger partial charge in [0.25, 0.3) is 5.91 Å². The van der Waals surface area contributed by atoms with E-state index < -0.39 is 0 Å². The Hall–Kier alpha value is -2.40. The third-order valence-corrected chi connectivity index (χ3v) is 6.30. The Kier molecular flexibility index (Phi) is 6.45. The minimum atomic E-state index is 0.142. The predicted molar refractivity (Wildman–Crippen MR) is 117 cm³/mol. The summed E-state index contributed by atoms with van der Waals surface area (Å²) in [4.78, 5) is 24.5. The summed E-state index contributed by atoms with van der Waals surface area (Å²) in [6.45, 7) is 8.06. The summed E-state index contributed by atoms with van der Waals surface area (Å²) in [5, 5.41) is 0. The number of likely N-dealkylation sites (tertiary alicyclic amines) is 1. The summed E-state index contributed by atoms with van der Waals surface area (Å²) >= 11 is 0. The molecule has 0 aliphatic carbocycles. The second kappa shape index (κ2) is 9.40. The molecular weight excluding hydrogens is 360 g/mol. The van der Waals surface area contributed by atoms with Crippen LogP contribution in [0, 0.1) is 0 Å². The van der Waals surface area contributed by atoms with E-state index in [1.54, 1.807) is 6.20 Å². The Bertz CT molecular complexity index is 784. The number of benzene rings is 1. The van der Waals surface area contributed by atoms with Crippen LogP contribution in [0.25, 0.3) is 0 Å². The molecule has 1 unspecified atom stereocenters. The molecule has 2 saturated heterocycles. The summed E-state index contributed by atoms with van der Waals surface area (Å²) < 4.78 is 0. The first-order valence-corrected chi connectivity index (χ1v) is 11.0. The highest BCUT2D eigenvalue weighted by atomic mass is 16.2. The van der Waals surface area contributed by atoms with Crippen molar-refractivity contribution in [1.29, 1.82) is 0 Å². The minimum Gasteiger partial charge on any atom is -0.354 e. The zero-order valence-corrected chi connectivity index (χ0v) is 17.5. The first kappa shape index (κ1) is 19.9. The van der Waals surface area contributed by atoms with Crippen LogP contribution in [-0.4, -0.2) is 59.5 Å². The fourth-order valence-electron chi connectivity index (χ4n) is 4.53. The van der Waals surface area contributed by atoms with Crippen LogP contribution in [-0.2, 0) is 6.54 Å². The molecule has 1 atom stereocenters. The van der Waals surface area contributed by atoms with Crippen LogP contribution in [0.2, 0.25) is 0 Å². The molecule has 0 radical (unpaired) electrons. The summed E-state index contributed by atoms with van der Waals surface area (Å²) in [5.74, 6) is 1.12. The Labute approximate surface area is 174 Å². The van der Waals surface area contributed by atoms with Crippen LogP contribution < -0.4 is 4.90 Å². The molecule has 1 aromatic heterocycles. The van der Waals surface area contributed by atoms with E-state index in [2.05, 4.69) is 56.9 Å². The van der Waals surface area contributed by atoms with E-state index in [1.807, 2.05) is 12.1 Å². The topological polar surface area (TPSA) is 39.7 Å². The maximum Gasteiger partial charge on any atom is 0.255 e. The van der Waals surface area contributed by atoms with Gasteiger partial charge in [0.05, 0.1) is 5.56 Å². The zero-order valence-electron chi connectivity index (χ0n) is 17.5. The number of carbonyl (C=O) groups is 1. The zero-order chi connectivity index (χ0) is 20.1. The number of pyridine rings is 1. The number of rotatable bonds is 5. The van der Waals surface area contributed by atoms with Crippen molar-refractivity contribution in [3.8, 4) is 0 Å². The molecule has 154 valence electrons. The lowest BCUT2D eigenvalue weighted by Crippen LogP contribution is -2.46. The third kappa shape index (κ3) is 4.78. The lowest BCUT2D eigenvalue weighted by atomic mass is 9.99. The summed E-state index contributed by atoms with van der Waals surface area (Å²) in [7, 11) is 0. The molecule has 3 heterocycles. The Balaban J connectivity index is 1.33. The highest BCUT2D eigenvalue weighted by molar-refractivity contribution is 5.94. The molecule has 0 spiro atoms. The van der Waals surface area contributed by atoms with Crippen LogP contribution >= 0.6 is 0 Å². The van der Waals surface area contributed by atoms with Crippen molar-refractivity contribution in [2.24, 2.45) is 0 Å². The molecule has 5 heteroatoms. The van der Waals surface area contributed by atoms with E-state index >= 15 is 0 Å². The lowest BCUT2D eigenvalue weighted by Gasteiger charge is -2.36. The van der Waals surface area contributed by atoms with Gasteiger partial charge in [-0.25, -0.2) is 4.98 Å². The van der Waals surface area contributed by atoms with Gasteiger partial charge in [-0.15, -0.1) is 0 Å². The molecular formula is C24H32N4O. The van der Waals surface area contributed by atoms with Gasteiger partial charge in [-0.3, -0.25) is 9.69 Å². The Morgan fingerprint density at radius 2 is 1.79 bits per heavy atom. The largest absolute Gasteiger partial charge is 0.354 e. The number of hydrogen-bond acceptors (Lipinski definition) is 4.